The van der Waals surface area contributed by atoms with Crippen LogP contribution in [0.5, 0.6) is 0 Å². The van der Waals surface area contributed by atoms with Gasteiger partial charge in [-0.25, -0.2) is 14.8 Å². The van der Waals surface area contributed by atoms with E-state index in [4.69, 9.17) is 20.8 Å². The molecule has 0 saturated carbocycles. The molecule has 0 fully saturated rings. The Morgan fingerprint density at radius 1 is 0.979 bits per heavy atom. The van der Waals surface area contributed by atoms with Gasteiger partial charge in [-0.2, -0.15) is 4.39 Å². The van der Waals surface area contributed by atoms with E-state index in [2.05, 4.69) is 43.8 Å². The third-order valence-electron chi connectivity index (χ3n) is 8.59. The number of carbonyl (C=O) groups is 2. The first kappa shape index (κ1) is 38.1. The van der Waals surface area contributed by atoms with Crippen molar-refractivity contribution in [3.05, 3.63) is 94.3 Å². The van der Waals surface area contributed by atoms with Gasteiger partial charge in [0.25, 0.3) is 5.91 Å². The lowest BCUT2D eigenvalue weighted by atomic mass is 9.99. The number of amides is 2. The summed E-state index contributed by atoms with van der Waals surface area (Å²) in [5, 5.41) is 0.300. The number of halogens is 2. The molecule has 2 aromatic heterocycles. The minimum Gasteiger partial charge on any atom is -0.444 e. The molecule has 47 heavy (non-hydrogen) atoms. The zero-order chi connectivity index (χ0) is 35.3. The van der Waals surface area contributed by atoms with Gasteiger partial charge in [0.15, 0.2) is 8.32 Å². The molecular formula is C36H50ClFN4O4Si. The Labute approximate surface area is 285 Å². The van der Waals surface area contributed by atoms with Crippen molar-refractivity contribution in [2.45, 2.75) is 110 Å². The number of hydrogen-bond donors (Lipinski definition) is 0. The topological polar surface area (TPSA) is 84.9 Å². The highest BCUT2D eigenvalue weighted by Gasteiger charge is 2.43. The average Bonchev–Trinajstić information content (AvgIpc) is 2.96. The van der Waals surface area contributed by atoms with Crippen molar-refractivity contribution in [1.29, 1.82) is 0 Å². The van der Waals surface area contributed by atoms with Crippen LogP contribution in [0.4, 0.5) is 9.18 Å². The van der Waals surface area contributed by atoms with Crippen LogP contribution in [0.15, 0.2) is 60.9 Å². The normalized spacial score (nSPS) is 14.2. The Kier molecular flexibility index (Phi) is 12.4. The van der Waals surface area contributed by atoms with Crippen LogP contribution < -0.4 is 0 Å². The van der Waals surface area contributed by atoms with Crippen LogP contribution in [-0.2, 0) is 22.1 Å². The van der Waals surface area contributed by atoms with Crippen LogP contribution in [-0.4, -0.2) is 64.8 Å². The maximum absolute atomic E-state index is 14.1. The standard InChI is InChI=1S/C36H50ClFN4O4Si/c1-24(21-26-14-16-27(17-15-26)33(43)41(9)23-29-13-12-20-39-32(29)38)42(34(44)45-35(3,4)5)25(2)31(28-18-19-30(37)40-22-28)46-47(10,11)36(6,7)8/h12-20,22,24-25,31H,21,23H2,1-11H3. The zero-order valence-electron chi connectivity index (χ0n) is 29.6. The molecular weight excluding hydrogens is 635 g/mol. The van der Waals surface area contributed by atoms with Gasteiger partial charge >= 0.3 is 6.09 Å². The lowest BCUT2D eigenvalue weighted by molar-refractivity contribution is -0.0117. The second kappa shape index (κ2) is 15.3. The van der Waals surface area contributed by atoms with Crippen LogP contribution in [0.1, 0.15) is 88.5 Å². The number of hydrogen-bond acceptors (Lipinski definition) is 6. The van der Waals surface area contributed by atoms with E-state index in [1.165, 1.54) is 11.1 Å². The fourth-order valence-corrected chi connectivity index (χ4v) is 6.44. The maximum atomic E-state index is 14.1. The van der Waals surface area contributed by atoms with Gasteiger partial charge in [-0.3, -0.25) is 9.69 Å². The highest BCUT2D eigenvalue weighted by molar-refractivity contribution is 6.74. The van der Waals surface area contributed by atoms with E-state index in [0.717, 1.165) is 11.1 Å². The molecule has 0 aliphatic rings. The van der Waals surface area contributed by atoms with Crippen molar-refractivity contribution in [1.82, 2.24) is 19.8 Å². The maximum Gasteiger partial charge on any atom is 0.410 e. The first-order valence-corrected chi connectivity index (χ1v) is 19.2. The van der Waals surface area contributed by atoms with E-state index < -0.39 is 38.1 Å². The minimum absolute atomic E-state index is 0.0768. The predicted molar refractivity (Wildman–Crippen MR) is 187 cm³/mol. The average molecular weight is 685 g/mol. The minimum atomic E-state index is -2.32. The quantitative estimate of drug-likeness (QED) is 0.148. The largest absolute Gasteiger partial charge is 0.444 e. The van der Waals surface area contributed by atoms with E-state index in [-0.39, 0.29) is 23.5 Å². The Hall–Kier alpha value is -3.34. The molecule has 0 bridgehead atoms. The molecule has 11 heteroatoms. The van der Waals surface area contributed by atoms with Crippen molar-refractivity contribution in [3.63, 3.8) is 0 Å². The van der Waals surface area contributed by atoms with Crippen molar-refractivity contribution >= 4 is 31.9 Å². The summed E-state index contributed by atoms with van der Waals surface area (Å²) in [6.45, 7) is 20.5. The molecule has 2 heterocycles. The number of pyridine rings is 2. The number of nitrogens with zero attached hydrogens (tertiary/aromatic N) is 4. The highest BCUT2D eigenvalue weighted by Crippen LogP contribution is 2.41. The SMILES string of the molecule is CC(Cc1ccc(C(=O)N(C)Cc2cccnc2F)cc1)N(C(=O)OC(C)(C)C)C(C)C(O[Si](C)(C)C(C)(C)C)c1ccc(Cl)nc1. The molecule has 0 N–H and O–H groups in total. The van der Waals surface area contributed by atoms with E-state index in [1.807, 2.05) is 52.8 Å². The predicted octanol–water partition coefficient (Wildman–Crippen LogP) is 8.86. The third kappa shape index (κ3) is 10.3. The summed E-state index contributed by atoms with van der Waals surface area (Å²) in [6, 6.07) is 13.4. The fraction of sp³-hybridized carbons (Fsp3) is 0.500. The van der Waals surface area contributed by atoms with Gasteiger partial charge in [0.05, 0.1) is 18.7 Å². The van der Waals surface area contributed by atoms with Crippen LogP contribution in [0.25, 0.3) is 0 Å². The first-order chi connectivity index (χ1) is 21.7. The second-order valence-corrected chi connectivity index (χ2v) is 19.8. The Bertz CT molecular complexity index is 1510. The molecule has 3 rings (SSSR count). The first-order valence-electron chi connectivity index (χ1n) is 15.9. The van der Waals surface area contributed by atoms with Gasteiger partial charge in [0.1, 0.15) is 10.8 Å². The van der Waals surface area contributed by atoms with Crippen molar-refractivity contribution < 1.29 is 23.1 Å². The molecule has 0 saturated heterocycles. The molecule has 3 aromatic rings. The van der Waals surface area contributed by atoms with Gasteiger partial charge in [-0.15, -0.1) is 0 Å². The molecule has 8 nitrogen and oxygen atoms in total. The molecule has 256 valence electrons. The summed E-state index contributed by atoms with van der Waals surface area (Å²) in [5.41, 5.74) is 1.87. The van der Waals surface area contributed by atoms with Crippen LogP contribution in [0.2, 0.25) is 23.3 Å². The zero-order valence-corrected chi connectivity index (χ0v) is 31.4. The van der Waals surface area contributed by atoms with Gasteiger partial charge in [0, 0.05) is 42.2 Å². The van der Waals surface area contributed by atoms with E-state index in [9.17, 15) is 14.0 Å². The van der Waals surface area contributed by atoms with E-state index in [1.54, 1.807) is 48.5 Å². The van der Waals surface area contributed by atoms with Crippen molar-refractivity contribution in [2.75, 3.05) is 7.05 Å². The Balaban J connectivity index is 1.90. The molecule has 0 aliphatic carbocycles. The number of benzene rings is 1. The summed E-state index contributed by atoms with van der Waals surface area (Å²) < 4.78 is 27.0. The number of aromatic nitrogens is 2. The molecule has 0 spiro atoms. The monoisotopic (exact) mass is 684 g/mol. The molecule has 0 aliphatic heterocycles. The van der Waals surface area contributed by atoms with Crippen molar-refractivity contribution in [3.8, 4) is 0 Å². The molecule has 2 amide bonds. The summed E-state index contributed by atoms with van der Waals surface area (Å²) in [5.74, 6) is -0.830. The molecule has 3 unspecified atom stereocenters. The van der Waals surface area contributed by atoms with Crippen LogP contribution in [0, 0.1) is 5.95 Å². The Morgan fingerprint density at radius 2 is 1.62 bits per heavy atom. The van der Waals surface area contributed by atoms with Crippen molar-refractivity contribution in [2.24, 2.45) is 0 Å². The van der Waals surface area contributed by atoms with Gasteiger partial charge in [-0.05, 0) is 89.0 Å². The highest BCUT2D eigenvalue weighted by atomic mass is 35.5. The van der Waals surface area contributed by atoms with Gasteiger partial charge in [-0.1, -0.05) is 56.6 Å². The number of carbonyl (C=O) groups excluding carboxylic acids is 2. The molecule has 1 aromatic carbocycles. The smallest absolute Gasteiger partial charge is 0.410 e. The summed E-state index contributed by atoms with van der Waals surface area (Å²) in [4.78, 5) is 38.2. The van der Waals surface area contributed by atoms with Crippen LogP contribution in [0.3, 0.4) is 0 Å². The lowest BCUT2D eigenvalue weighted by Crippen LogP contribution is -2.52. The van der Waals surface area contributed by atoms with Crippen LogP contribution >= 0.6 is 11.6 Å². The van der Waals surface area contributed by atoms with Gasteiger partial charge in [0.2, 0.25) is 5.95 Å². The summed E-state index contributed by atoms with van der Waals surface area (Å²) >= 11 is 6.15. The Morgan fingerprint density at radius 3 is 2.15 bits per heavy atom. The number of rotatable bonds is 11. The lowest BCUT2D eigenvalue weighted by Gasteiger charge is -2.44. The fourth-order valence-electron chi connectivity index (χ4n) is 5.01. The number of ether oxygens (including phenoxy) is 1. The summed E-state index contributed by atoms with van der Waals surface area (Å²) in [6.07, 6.45) is 2.65. The summed E-state index contributed by atoms with van der Waals surface area (Å²) in [7, 11) is -0.690. The second-order valence-electron chi connectivity index (χ2n) is 14.7. The molecule has 3 atom stereocenters. The van der Waals surface area contributed by atoms with E-state index in [0.29, 0.717) is 22.7 Å². The molecule has 0 radical (unpaired) electrons. The third-order valence-corrected chi connectivity index (χ3v) is 13.3. The van der Waals surface area contributed by atoms with Gasteiger partial charge < -0.3 is 14.1 Å². The van der Waals surface area contributed by atoms with E-state index >= 15 is 0 Å².